The van der Waals surface area contributed by atoms with Crippen LogP contribution in [0.2, 0.25) is 0 Å². The van der Waals surface area contributed by atoms with Crippen LogP contribution in [-0.2, 0) is 14.3 Å². The maximum Gasteiger partial charge on any atom is 0.313 e. The normalized spacial score (nSPS) is 29.0. The topological polar surface area (TPSA) is 35.5 Å². The highest BCUT2D eigenvalue weighted by Gasteiger charge is 2.36. The zero-order valence-electron chi connectivity index (χ0n) is 17.4. The highest BCUT2D eigenvalue weighted by Crippen LogP contribution is 2.42. The number of hydrogen-bond donors (Lipinski definition) is 0. The van der Waals surface area contributed by atoms with Crippen LogP contribution in [0.4, 0.5) is 0 Å². The molecule has 0 radical (unpaired) electrons. The lowest BCUT2D eigenvalue weighted by molar-refractivity contribution is -0.211. The van der Waals surface area contributed by atoms with Crippen molar-refractivity contribution in [2.75, 3.05) is 0 Å². The summed E-state index contributed by atoms with van der Waals surface area (Å²) in [7, 11) is 0. The number of carbonyl (C=O) groups is 1. The van der Waals surface area contributed by atoms with Gasteiger partial charge in [0, 0.05) is 6.42 Å². The number of esters is 1. The minimum absolute atomic E-state index is 0.0728. The van der Waals surface area contributed by atoms with Gasteiger partial charge < -0.3 is 9.47 Å². The van der Waals surface area contributed by atoms with Gasteiger partial charge in [-0.25, -0.2) is 0 Å². The third-order valence-electron chi connectivity index (χ3n) is 6.29. The second-order valence-electron chi connectivity index (χ2n) is 10.2. The first-order valence-electron chi connectivity index (χ1n) is 10.5. The van der Waals surface area contributed by atoms with Gasteiger partial charge in [-0.1, -0.05) is 53.4 Å². The van der Waals surface area contributed by atoms with Crippen LogP contribution in [0, 0.1) is 22.7 Å². The summed E-state index contributed by atoms with van der Waals surface area (Å²) >= 11 is 0. The molecule has 0 bridgehead atoms. The Balaban J connectivity index is 1.97. The number of rotatable bonds is 6. The molecule has 2 rings (SSSR count). The Morgan fingerprint density at radius 2 is 1.64 bits per heavy atom. The lowest BCUT2D eigenvalue weighted by Gasteiger charge is -2.40. The lowest BCUT2D eigenvalue weighted by Crippen LogP contribution is -2.38. The zero-order chi connectivity index (χ0) is 18.7. The van der Waals surface area contributed by atoms with Crippen molar-refractivity contribution in [3.05, 3.63) is 0 Å². The first kappa shape index (κ1) is 20.7. The molecule has 0 aromatic rings. The van der Waals surface area contributed by atoms with E-state index in [-0.39, 0.29) is 17.5 Å². The van der Waals surface area contributed by atoms with Gasteiger partial charge in [-0.2, -0.15) is 0 Å². The fraction of sp³-hybridized carbons (Fsp3) is 0.955. The lowest BCUT2D eigenvalue weighted by atomic mass is 9.70. The van der Waals surface area contributed by atoms with Crippen LogP contribution in [0.3, 0.4) is 0 Å². The molecule has 0 spiro atoms. The predicted molar refractivity (Wildman–Crippen MR) is 102 cm³/mol. The molecule has 25 heavy (non-hydrogen) atoms. The molecule has 3 nitrogen and oxygen atoms in total. The minimum atomic E-state index is -0.444. The van der Waals surface area contributed by atoms with Crippen molar-refractivity contribution in [3.8, 4) is 0 Å². The number of carbonyl (C=O) groups excluding carboxylic acids is 1. The van der Waals surface area contributed by atoms with Gasteiger partial charge in [-0.15, -0.1) is 0 Å². The van der Waals surface area contributed by atoms with E-state index >= 15 is 0 Å². The molecule has 146 valence electrons. The van der Waals surface area contributed by atoms with Crippen molar-refractivity contribution in [2.45, 2.75) is 112 Å². The Kier molecular flexibility index (Phi) is 6.98. The van der Waals surface area contributed by atoms with E-state index in [4.69, 9.17) is 9.47 Å². The summed E-state index contributed by atoms with van der Waals surface area (Å²) in [6.45, 7) is 12.5. The van der Waals surface area contributed by atoms with Crippen LogP contribution in [0.25, 0.3) is 0 Å². The standard InChI is InChI=1S/C22H40O3/c1-7-22(5,6)20(23)25-19(15-21(2,3)4)24-18-13-12-16-10-8-9-11-17(16)14-18/h16-19H,7-15H2,1-6H3. The Hall–Kier alpha value is -0.570. The van der Waals surface area contributed by atoms with Crippen LogP contribution in [0.5, 0.6) is 0 Å². The number of fused-ring (bicyclic) bond motifs is 1. The molecule has 2 fully saturated rings. The summed E-state index contributed by atoms with van der Waals surface area (Å²) in [5, 5.41) is 0. The van der Waals surface area contributed by atoms with Crippen molar-refractivity contribution >= 4 is 5.97 Å². The fourth-order valence-electron chi connectivity index (χ4n) is 4.21. The van der Waals surface area contributed by atoms with Crippen molar-refractivity contribution in [1.82, 2.24) is 0 Å². The van der Waals surface area contributed by atoms with Gasteiger partial charge in [0.2, 0.25) is 6.29 Å². The molecule has 0 aliphatic heterocycles. The third kappa shape index (κ3) is 6.27. The third-order valence-corrected chi connectivity index (χ3v) is 6.29. The summed E-state index contributed by atoms with van der Waals surface area (Å²) < 4.78 is 12.2. The molecule has 0 heterocycles. The molecule has 2 aliphatic rings. The van der Waals surface area contributed by atoms with Crippen LogP contribution < -0.4 is 0 Å². The first-order valence-corrected chi connectivity index (χ1v) is 10.5. The van der Waals surface area contributed by atoms with Crippen molar-refractivity contribution < 1.29 is 14.3 Å². The molecule has 0 N–H and O–H groups in total. The quantitative estimate of drug-likeness (QED) is 0.428. The van der Waals surface area contributed by atoms with Gasteiger partial charge in [0.1, 0.15) is 0 Å². The van der Waals surface area contributed by atoms with Crippen LogP contribution in [-0.4, -0.2) is 18.4 Å². The number of ether oxygens (including phenoxy) is 2. The first-order chi connectivity index (χ1) is 11.6. The summed E-state index contributed by atoms with van der Waals surface area (Å²) in [5.74, 6) is 1.61. The highest BCUT2D eigenvalue weighted by molar-refractivity contribution is 5.75. The van der Waals surface area contributed by atoms with Gasteiger partial charge in [0.05, 0.1) is 11.5 Å². The average Bonchev–Trinajstić information content (AvgIpc) is 2.53. The molecular formula is C22H40O3. The Bertz CT molecular complexity index is 435. The van der Waals surface area contributed by atoms with E-state index < -0.39 is 11.7 Å². The second-order valence-corrected chi connectivity index (χ2v) is 10.2. The van der Waals surface area contributed by atoms with Gasteiger partial charge >= 0.3 is 5.97 Å². The maximum atomic E-state index is 12.6. The van der Waals surface area contributed by atoms with Gasteiger partial charge in [0.15, 0.2) is 0 Å². The molecule has 0 aromatic carbocycles. The monoisotopic (exact) mass is 352 g/mol. The van der Waals surface area contributed by atoms with E-state index in [2.05, 4.69) is 20.8 Å². The van der Waals surface area contributed by atoms with Crippen LogP contribution in [0.15, 0.2) is 0 Å². The fourth-order valence-corrected chi connectivity index (χ4v) is 4.21. The summed E-state index contributed by atoms with van der Waals surface area (Å²) in [4.78, 5) is 12.6. The Morgan fingerprint density at radius 3 is 2.24 bits per heavy atom. The number of hydrogen-bond acceptors (Lipinski definition) is 3. The molecular weight excluding hydrogens is 312 g/mol. The minimum Gasteiger partial charge on any atom is -0.435 e. The van der Waals surface area contributed by atoms with Gasteiger partial charge in [-0.05, 0) is 56.8 Å². The van der Waals surface area contributed by atoms with E-state index in [0.29, 0.717) is 0 Å². The SMILES string of the molecule is CCC(C)(C)C(=O)OC(CC(C)(C)C)OC1CCC2CCCCC2C1. The van der Waals surface area contributed by atoms with E-state index in [1.807, 2.05) is 20.8 Å². The molecule has 0 amide bonds. The second kappa shape index (κ2) is 8.41. The summed E-state index contributed by atoms with van der Waals surface area (Å²) in [6.07, 6.45) is 10.5. The molecule has 0 aromatic heterocycles. The largest absolute Gasteiger partial charge is 0.435 e. The summed E-state index contributed by atoms with van der Waals surface area (Å²) in [5.41, 5.74) is -0.371. The molecule has 3 heteroatoms. The average molecular weight is 353 g/mol. The van der Waals surface area contributed by atoms with Crippen molar-refractivity contribution in [2.24, 2.45) is 22.7 Å². The van der Waals surface area contributed by atoms with Gasteiger partial charge in [0.25, 0.3) is 0 Å². The highest BCUT2D eigenvalue weighted by atomic mass is 16.7. The van der Waals surface area contributed by atoms with Crippen molar-refractivity contribution in [1.29, 1.82) is 0 Å². The molecule has 4 unspecified atom stereocenters. The van der Waals surface area contributed by atoms with Gasteiger partial charge in [-0.3, -0.25) is 4.79 Å². The maximum absolute atomic E-state index is 12.6. The molecule has 0 saturated heterocycles. The van der Waals surface area contributed by atoms with E-state index in [0.717, 1.165) is 37.5 Å². The van der Waals surface area contributed by atoms with Crippen LogP contribution >= 0.6 is 0 Å². The molecule has 2 aliphatic carbocycles. The van der Waals surface area contributed by atoms with E-state index in [9.17, 15) is 4.79 Å². The molecule has 4 atom stereocenters. The smallest absolute Gasteiger partial charge is 0.313 e. The van der Waals surface area contributed by atoms with Crippen molar-refractivity contribution in [3.63, 3.8) is 0 Å². The summed E-state index contributed by atoms with van der Waals surface area (Å²) in [6, 6.07) is 0. The van der Waals surface area contributed by atoms with E-state index in [1.165, 1.54) is 32.1 Å². The Labute approximate surface area is 155 Å². The predicted octanol–water partition coefficient (Wildman–Crippen LogP) is 6.10. The molecule has 2 saturated carbocycles. The zero-order valence-corrected chi connectivity index (χ0v) is 17.4. The van der Waals surface area contributed by atoms with Crippen LogP contribution in [0.1, 0.15) is 99.3 Å². The Morgan fingerprint density at radius 1 is 1.00 bits per heavy atom. The van der Waals surface area contributed by atoms with E-state index in [1.54, 1.807) is 0 Å².